The summed E-state index contributed by atoms with van der Waals surface area (Å²) in [5.41, 5.74) is 17.9. The average molecular weight is 900 g/mol. The number of nitrogens with zero attached hydrogens (tertiary/aromatic N) is 4. The Hall–Kier alpha value is -6.01. The fourth-order valence-electron chi connectivity index (χ4n) is 10.8. The first-order valence-corrected chi connectivity index (χ1v) is 25.0. The highest BCUT2D eigenvalue weighted by atomic mass is 16.5. The summed E-state index contributed by atoms with van der Waals surface area (Å²) in [6.07, 6.45) is 1.94. The molecule has 8 aromatic rings. The van der Waals surface area contributed by atoms with E-state index in [2.05, 4.69) is 242 Å². The van der Waals surface area contributed by atoms with Crippen LogP contribution < -0.4 is 13.9 Å². The van der Waals surface area contributed by atoms with Crippen molar-refractivity contribution in [3.63, 3.8) is 0 Å². The molecule has 1 saturated heterocycles. The largest absolute Gasteiger partial charge is 0.457 e. The molecule has 2 aliphatic heterocycles. The van der Waals surface area contributed by atoms with Crippen molar-refractivity contribution in [3.8, 4) is 28.4 Å². The van der Waals surface area contributed by atoms with E-state index in [9.17, 15) is 0 Å². The van der Waals surface area contributed by atoms with Gasteiger partial charge in [0.1, 0.15) is 17.3 Å². The molecule has 0 N–H and O–H groups in total. The minimum atomic E-state index is -0.134. The maximum absolute atomic E-state index is 7.11. The topological polar surface area (TPSA) is 27.1 Å². The maximum Gasteiger partial charge on any atom is 0.226 e. The van der Waals surface area contributed by atoms with Gasteiger partial charge in [0, 0.05) is 59.4 Å². The van der Waals surface area contributed by atoms with Crippen molar-refractivity contribution >= 4 is 44.6 Å². The van der Waals surface area contributed by atoms with Gasteiger partial charge in [0.2, 0.25) is 11.4 Å². The molecule has 68 heavy (non-hydrogen) atoms. The minimum absolute atomic E-state index is 0.00252. The molecule has 0 saturated carbocycles. The molecule has 2 aromatic heterocycles. The molecule has 5 nitrogen and oxygen atoms in total. The highest BCUT2D eigenvalue weighted by molar-refractivity contribution is 6.09. The van der Waals surface area contributed by atoms with Crippen molar-refractivity contribution in [3.05, 3.63) is 174 Å². The van der Waals surface area contributed by atoms with Gasteiger partial charge < -0.3 is 4.74 Å². The zero-order valence-electron chi connectivity index (χ0n) is 43.2. The van der Waals surface area contributed by atoms with Crippen LogP contribution in [0.25, 0.3) is 38.8 Å². The highest BCUT2D eigenvalue weighted by Gasteiger charge is 2.78. The number of hydrogen-bond acceptors (Lipinski definition) is 2. The summed E-state index contributed by atoms with van der Waals surface area (Å²) in [6, 6.07) is 48.2. The molecule has 0 amide bonds. The summed E-state index contributed by atoms with van der Waals surface area (Å²) in [6.45, 7) is 37.2. The van der Waals surface area contributed by atoms with E-state index in [1.54, 1.807) is 0 Å². The van der Waals surface area contributed by atoms with Crippen LogP contribution in [0.5, 0.6) is 11.5 Å². The minimum Gasteiger partial charge on any atom is -0.457 e. The fourth-order valence-corrected chi connectivity index (χ4v) is 10.8. The number of hydrogen-bond donors (Lipinski definition) is 0. The maximum atomic E-state index is 7.11. The molecule has 0 aliphatic carbocycles. The van der Waals surface area contributed by atoms with Crippen molar-refractivity contribution in [2.45, 2.75) is 138 Å². The summed E-state index contributed by atoms with van der Waals surface area (Å²) >= 11 is 0. The van der Waals surface area contributed by atoms with E-state index in [4.69, 9.17) is 9.72 Å². The van der Waals surface area contributed by atoms with Crippen LogP contribution in [-0.2, 0) is 16.2 Å². The van der Waals surface area contributed by atoms with Crippen molar-refractivity contribution < 1.29 is 4.74 Å². The predicted octanol–water partition coefficient (Wildman–Crippen LogP) is 18.2. The molecule has 348 valence electrons. The summed E-state index contributed by atoms with van der Waals surface area (Å²) in [5.74, 6) is 3.77. The molecule has 1 fully saturated rings. The van der Waals surface area contributed by atoms with Crippen LogP contribution in [0, 0.1) is 6.67 Å². The van der Waals surface area contributed by atoms with Gasteiger partial charge in [-0.1, -0.05) is 146 Å². The van der Waals surface area contributed by atoms with Crippen LogP contribution in [0.15, 0.2) is 134 Å². The molecule has 0 spiro atoms. The number of benzene rings is 6. The SMILES string of the molecule is CC(C)c1cc(C(C)C)c(-c2ccc3c(c2)[N@@+]2(c4cccc(C(C)(C)C)c4)[CH-][N+]32c2cc(Oc3ccc4c5ccccc5n(-c5cc(C(C)(C)C)ccn5)c4c3)cc(C(C)(C)C)c2)c(C(C)C)c1. The van der Waals surface area contributed by atoms with Gasteiger partial charge in [-0.2, -0.15) is 9.18 Å². The lowest BCUT2D eigenvalue weighted by molar-refractivity contribution is 0.421. The number of ether oxygens (including phenoxy) is 1. The lowest BCUT2D eigenvalue weighted by Gasteiger charge is -2.41. The average Bonchev–Trinajstić information content (AvgIpc) is 3.78. The molecule has 4 heterocycles. The Morgan fingerprint density at radius 1 is 0.500 bits per heavy atom. The van der Waals surface area contributed by atoms with Gasteiger partial charge in [0.15, 0.2) is 18.0 Å². The summed E-state index contributed by atoms with van der Waals surface area (Å²) in [4.78, 5) is 4.95. The van der Waals surface area contributed by atoms with Crippen LogP contribution in [0.3, 0.4) is 0 Å². The van der Waals surface area contributed by atoms with Crippen molar-refractivity contribution in [1.29, 1.82) is 0 Å². The number of aromatic nitrogens is 2. The van der Waals surface area contributed by atoms with E-state index in [1.807, 2.05) is 6.20 Å². The van der Waals surface area contributed by atoms with Gasteiger partial charge in [-0.25, -0.2) is 4.98 Å². The van der Waals surface area contributed by atoms with E-state index >= 15 is 0 Å². The van der Waals surface area contributed by atoms with Gasteiger partial charge in [-0.3, -0.25) is 4.57 Å². The Kier molecular flexibility index (Phi) is 10.6. The second kappa shape index (κ2) is 15.8. The first-order valence-electron chi connectivity index (χ1n) is 25.0. The molecule has 1 unspecified atom stereocenters. The van der Waals surface area contributed by atoms with Crippen LogP contribution >= 0.6 is 0 Å². The monoisotopic (exact) mass is 900 g/mol. The second-order valence-corrected chi connectivity index (χ2v) is 23.8. The number of fused-ring (bicyclic) bond motifs is 7. The number of quaternary nitrogens is 2. The van der Waals surface area contributed by atoms with E-state index in [0.717, 1.165) is 28.4 Å². The quantitative estimate of drug-likeness (QED) is 0.0820. The number of para-hydroxylation sites is 1. The Labute approximate surface area is 406 Å². The third kappa shape index (κ3) is 7.22. The van der Waals surface area contributed by atoms with E-state index < -0.39 is 0 Å². The van der Waals surface area contributed by atoms with Gasteiger partial charge in [-0.15, -0.1) is 0 Å². The number of pyridine rings is 1. The molecule has 0 radical (unpaired) electrons. The normalized spacial score (nSPS) is 18.1. The zero-order valence-corrected chi connectivity index (χ0v) is 43.2. The molecular formula is C63H71N4O+. The van der Waals surface area contributed by atoms with E-state index in [1.165, 1.54) is 78.0 Å². The van der Waals surface area contributed by atoms with Gasteiger partial charge in [0.05, 0.1) is 11.0 Å². The summed E-state index contributed by atoms with van der Waals surface area (Å²) in [7, 11) is 0. The van der Waals surface area contributed by atoms with Crippen LogP contribution in [0.4, 0.5) is 22.7 Å². The fraction of sp³-hybridized carbons (Fsp3) is 0.333. The lowest BCUT2D eigenvalue weighted by atomic mass is 9.81. The molecule has 2 aliphatic rings. The Balaban J connectivity index is 1.14. The third-order valence-corrected chi connectivity index (χ3v) is 14.9. The summed E-state index contributed by atoms with van der Waals surface area (Å²) < 4.78 is 10.6. The molecular weight excluding hydrogens is 829 g/mol. The lowest BCUT2D eigenvalue weighted by Crippen LogP contribution is -2.46. The van der Waals surface area contributed by atoms with Crippen molar-refractivity contribution in [2.75, 3.05) is 0 Å². The smallest absolute Gasteiger partial charge is 0.226 e. The third-order valence-electron chi connectivity index (χ3n) is 14.9. The van der Waals surface area contributed by atoms with Crippen LogP contribution in [0.2, 0.25) is 0 Å². The molecule has 5 heteroatoms. The Bertz CT molecular complexity index is 3260. The van der Waals surface area contributed by atoms with E-state index in [0.29, 0.717) is 26.9 Å². The molecule has 0 bridgehead atoms. The first-order chi connectivity index (χ1) is 32.0. The molecule has 10 rings (SSSR count). The highest BCUT2D eigenvalue weighted by Crippen LogP contribution is 2.76. The first kappa shape index (κ1) is 45.8. The Morgan fingerprint density at radius 2 is 1.13 bits per heavy atom. The molecule has 6 aromatic carbocycles. The van der Waals surface area contributed by atoms with E-state index in [-0.39, 0.29) is 16.2 Å². The molecule has 2 atom stereocenters. The number of rotatable bonds is 9. The van der Waals surface area contributed by atoms with Crippen molar-refractivity contribution in [2.24, 2.45) is 0 Å². The van der Waals surface area contributed by atoms with Gasteiger partial charge in [-0.05, 0) is 121 Å². The predicted molar refractivity (Wildman–Crippen MR) is 289 cm³/mol. The Morgan fingerprint density at radius 3 is 1.79 bits per heavy atom. The van der Waals surface area contributed by atoms with Crippen LogP contribution in [-0.4, -0.2) is 9.55 Å². The zero-order chi connectivity index (χ0) is 48.5. The van der Waals surface area contributed by atoms with Gasteiger partial charge in [0.25, 0.3) is 0 Å². The standard InChI is InChI=1S/C63H71N4O/c1-39(2)43-29-53(40(3)4)60(54(30-43)41(5)6)42-23-26-57-58(31-42)66(47-20-18-19-44(32-47)61(7,8)9)38-67(57,66)48-33-46(63(13,14)15)34-50(36-48)68-49-24-25-52-51-21-16-17-22-55(51)65(56(52)37-49)59-35-45(27-28-64-59)62(10,11)12/h16-41H,1-15H3/q+1/t66-,67?/m0/s1. The van der Waals surface area contributed by atoms with Crippen LogP contribution in [0.1, 0.15) is 155 Å². The summed E-state index contributed by atoms with van der Waals surface area (Å²) in [5, 5.41) is 2.37. The second-order valence-electron chi connectivity index (χ2n) is 23.8. The van der Waals surface area contributed by atoms with Gasteiger partial charge >= 0.3 is 0 Å². The van der Waals surface area contributed by atoms with Crippen molar-refractivity contribution in [1.82, 2.24) is 18.7 Å².